The molecular formula is C44H76N4. The predicted octanol–water partition coefficient (Wildman–Crippen LogP) is 9.27. The van der Waals surface area contributed by atoms with E-state index in [0.29, 0.717) is 0 Å². The maximum Gasteiger partial charge on any atom is 0.0116 e. The molecule has 0 spiro atoms. The Kier molecular flexibility index (Phi) is 10.8. The van der Waals surface area contributed by atoms with Gasteiger partial charge in [0.05, 0.1) is 0 Å². The Morgan fingerprint density at radius 3 is 0.521 bits per heavy atom. The van der Waals surface area contributed by atoms with Crippen LogP contribution in [-0.4, -0.2) is 48.3 Å². The fourth-order valence-corrected chi connectivity index (χ4v) is 15.5. The summed E-state index contributed by atoms with van der Waals surface area (Å²) in [6, 6.07) is 6.02. The second kappa shape index (κ2) is 15.4. The van der Waals surface area contributed by atoms with Crippen molar-refractivity contribution in [2.24, 2.45) is 47.3 Å². The number of hydrogen-bond acceptors (Lipinski definition) is 4. The van der Waals surface area contributed by atoms with Gasteiger partial charge >= 0.3 is 0 Å². The first-order chi connectivity index (χ1) is 23.8. The molecule has 0 radical (unpaired) electrons. The quantitative estimate of drug-likeness (QED) is 0.243. The van der Waals surface area contributed by atoms with Gasteiger partial charge in [0.1, 0.15) is 0 Å². The number of hydrogen-bond donors (Lipinski definition) is 4. The van der Waals surface area contributed by atoms with E-state index in [4.69, 9.17) is 0 Å². The Balaban J connectivity index is 1.06. The van der Waals surface area contributed by atoms with Crippen molar-refractivity contribution in [1.29, 1.82) is 0 Å². The van der Waals surface area contributed by atoms with Gasteiger partial charge in [0, 0.05) is 48.3 Å². The van der Waals surface area contributed by atoms with Crippen molar-refractivity contribution in [1.82, 2.24) is 21.3 Å². The first kappa shape index (κ1) is 33.7. The average Bonchev–Trinajstić information content (AvgIpc) is 3.98. The molecule has 5 heterocycles. The molecule has 5 saturated heterocycles. The molecule has 0 aromatic carbocycles. The molecule has 0 aromatic rings. The summed E-state index contributed by atoms with van der Waals surface area (Å²) in [7, 11) is 0. The second-order valence-electron chi connectivity index (χ2n) is 19.7. The summed E-state index contributed by atoms with van der Waals surface area (Å²) in [5.74, 6) is 7.23. The Labute approximate surface area is 296 Å². The van der Waals surface area contributed by atoms with Gasteiger partial charge in [-0.2, -0.15) is 0 Å². The minimum atomic E-state index is 0.752. The van der Waals surface area contributed by atoms with Crippen LogP contribution in [0, 0.1) is 47.3 Å². The normalized spacial score (nSPS) is 47.5. The van der Waals surface area contributed by atoms with Crippen LogP contribution in [0.1, 0.15) is 180 Å². The molecule has 8 unspecified atom stereocenters. The molecule has 4 aliphatic carbocycles. The molecule has 272 valence electrons. The number of nitrogens with one attached hydrogen (secondary N) is 4. The van der Waals surface area contributed by atoms with Gasteiger partial charge in [-0.3, -0.25) is 0 Å². The number of fused-ring (bicyclic) bond motifs is 8. The van der Waals surface area contributed by atoms with Crippen molar-refractivity contribution >= 4 is 0 Å². The lowest BCUT2D eigenvalue weighted by Gasteiger charge is -2.44. The summed E-state index contributed by atoms with van der Waals surface area (Å²) in [5, 5.41) is 18.5. The second-order valence-corrected chi connectivity index (χ2v) is 19.7. The van der Waals surface area contributed by atoms with Crippen molar-refractivity contribution in [3.05, 3.63) is 0 Å². The molecule has 8 atom stereocenters. The van der Waals surface area contributed by atoms with Gasteiger partial charge in [-0.15, -0.1) is 0 Å². The first-order valence-electron chi connectivity index (χ1n) is 22.8. The maximum absolute atomic E-state index is 4.62. The molecule has 9 rings (SSSR count). The zero-order chi connectivity index (χ0) is 31.9. The Hall–Kier alpha value is -0.160. The molecule has 4 nitrogen and oxygen atoms in total. The Morgan fingerprint density at radius 1 is 0.188 bits per heavy atom. The molecule has 0 amide bonds. The molecular weight excluding hydrogens is 585 g/mol. The van der Waals surface area contributed by atoms with Crippen LogP contribution >= 0.6 is 0 Å². The maximum atomic E-state index is 4.62. The molecule has 48 heavy (non-hydrogen) atoms. The van der Waals surface area contributed by atoms with Gasteiger partial charge in [0.2, 0.25) is 0 Å². The lowest BCUT2D eigenvalue weighted by Crippen LogP contribution is -2.57. The molecule has 4 heteroatoms. The lowest BCUT2D eigenvalue weighted by atomic mass is 9.72. The van der Waals surface area contributed by atoms with E-state index < -0.39 is 0 Å². The molecule has 9 aliphatic rings. The Morgan fingerprint density at radius 2 is 0.354 bits per heavy atom. The highest BCUT2D eigenvalue weighted by Crippen LogP contribution is 2.48. The van der Waals surface area contributed by atoms with Crippen LogP contribution in [0.3, 0.4) is 0 Å². The van der Waals surface area contributed by atoms with E-state index in [1.165, 1.54) is 180 Å². The topological polar surface area (TPSA) is 48.1 Å². The van der Waals surface area contributed by atoms with Crippen LogP contribution in [-0.2, 0) is 0 Å². The molecule has 4 saturated carbocycles. The van der Waals surface area contributed by atoms with Gasteiger partial charge in [-0.05, 0) is 98.7 Å². The third-order valence-electron chi connectivity index (χ3n) is 17.4. The summed E-state index contributed by atoms with van der Waals surface area (Å²) in [4.78, 5) is 0. The fourth-order valence-electron chi connectivity index (χ4n) is 15.5. The van der Waals surface area contributed by atoms with Gasteiger partial charge in [-0.25, -0.2) is 0 Å². The van der Waals surface area contributed by atoms with Crippen LogP contribution in [0.5, 0.6) is 0 Å². The SMILES string of the molecule is C1CCC(C2C3CCC(N3)C(C3CCCCC3)C3CCC(N3)C(C3CCCCC3)C3CCC(N3)C(C3CCCCC3)C3CCC2N3)CC1. The van der Waals surface area contributed by atoms with Gasteiger partial charge in [0.25, 0.3) is 0 Å². The summed E-state index contributed by atoms with van der Waals surface area (Å²) in [6.45, 7) is 0. The van der Waals surface area contributed by atoms with Crippen LogP contribution < -0.4 is 21.3 Å². The van der Waals surface area contributed by atoms with E-state index in [1.807, 2.05) is 0 Å². The molecule has 8 bridgehead atoms. The molecule has 4 N–H and O–H groups in total. The van der Waals surface area contributed by atoms with Crippen LogP contribution in [0.4, 0.5) is 0 Å². The average molecular weight is 661 g/mol. The molecule has 0 aromatic heterocycles. The summed E-state index contributed by atoms with van der Waals surface area (Å²) in [6.07, 6.45) is 41.6. The minimum Gasteiger partial charge on any atom is -0.311 e. The highest BCUT2D eigenvalue weighted by Gasteiger charge is 2.52. The predicted molar refractivity (Wildman–Crippen MR) is 200 cm³/mol. The Bertz CT molecular complexity index is 807. The zero-order valence-corrected chi connectivity index (χ0v) is 31.0. The fraction of sp³-hybridized carbons (Fsp3) is 1.00. The minimum absolute atomic E-state index is 0.752. The molecule has 9 fully saturated rings. The standard InChI is InChI=1S/C44H76N4/c1-5-13-29(14-6-1)41-33-21-23-35(45-33)42(30-15-7-2-8-16-30)37-25-27-39(47-37)44(32-19-11-4-12-20-32)40-28-26-38(48-40)43(31-17-9-3-10-18-31)36-24-22-34(41)46-36/h29-48H,1-28H2. The van der Waals surface area contributed by atoms with Crippen molar-refractivity contribution in [2.75, 3.05) is 0 Å². The smallest absolute Gasteiger partial charge is 0.0116 e. The van der Waals surface area contributed by atoms with Gasteiger partial charge in [-0.1, -0.05) is 128 Å². The van der Waals surface area contributed by atoms with Gasteiger partial charge < -0.3 is 21.3 Å². The lowest BCUT2D eigenvalue weighted by molar-refractivity contribution is 0.112. The van der Waals surface area contributed by atoms with E-state index in [9.17, 15) is 0 Å². The van der Waals surface area contributed by atoms with E-state index in [-0.39, 0.29) is 0 Å². The van der Waals surface area contributed by atoms with Crippen molar-refractivity contribution in [2.45, 2.75) is 228 Å². The third kappa shape index (κ3) is 6.87. The summed E-state index contributed by atoms with van der Waals surface area (Å²) >= 11 is 0. The first-order valence-corrected chi connectivity index (χ1v) is 22.8. The molecule has 5 aliphatic heterocycles. The zero-order valence-electron chi connectivity index (χ0n) is 31.0. The van der Waals surface area contributed by atoms with E-state index >= 15 is 0 Å². The summed E-state index contributed by atoms with van der Waals surface area (Å²) < 4.78 is 0. The van der Waals surface area contributed by atoms with Crippen LogP contribution in [0.2, 0.25) is 0 Å². The van der Waals surface area contributed by atoms with Gasteiger partial charge in [0.15, 0.2) is 0 Å². The highest BCUT2D eigenvalue weighted by molar-refractivity contribution is 5.09. The number of rotatable bonds is 4. The summed E-state index contributed by atoms with van der Waals surface area (Å²) in [5.41, 5.74) is 0. The van der Waals surface area contributed by atoms with Crippen molar-refractivity contribution in [3.63, 3.8) is 0 Å². The largest absolute Gasteiger partial charge is 0.311 e. The van der Waals surface area contributed by atoms with Crippen LogP contribution in [0.15, 0.2) is 0 Å². The third-order valence-corrected chi connectivity index (χ3v) is 17.4. The van der Waals surface area contributed by atoms with E-state index in [1.54, 1.807) is 0 Å². The van der Waals surface area contributed by atoms with Crippen molar-refractivity contribution in [3.8, 4) is 0 Å². The van der Waals surface area contributed by atoms with E-state index in [0.717, 1.165) is 95.7 Å². The highest BCUT2D eigenvalue weighted by atomic mass is 15.1. The van der Waals surface area contributed by atoms with Crippen LogP contribution in [0.25, 0.3) is 0 Å². The van der Waals surface area contributed by atoms with Crippen molar-refractivity contribution < 1.29 is 0 Å². The monoisotopic (exact) mass is 661 g/mol. The van der Waals surface area contributed by atoms with E-state index in [2.05, 4.69) is 21.3 Å².